The Morgan fingerprint density at radius 2 is 2.33 bits per heavy atom. The zero-order valence-electron chi connectivity index (χ0n) is 11.3. The Balaban J connectivity index is 2.29. The molecule has 1 aromatic rings. The van der Waals surface area contributed by atoms with E-state index in [-0.39, 0.29) is 0 Å². The molecule has 2 heterocycles. The molecular formula is C14H23BrN2S. The van der Waals surface area contributed by atoms with Crippen molar-refractivity contribution in [1.82, 2.24) is 10.2 Å². The summed E-state index contributed by atoms with van der Waals surface area (Å²) < 4.78 is 1.29. The number of nitrogens with zero attached hydrogens (tertiary/aromatic N) is 1. The first kappa shape index (κ1) is 14.5. The van der Waals surface area contributed by atoms with Gasteiger partial charge in [0.05, 0.1) is 0 Å². The lowest BCUT2D eigenvalue weighted by molar-refractivity contribution is 0.165. The average Bonchev–Trinajstić information content (AvgIpc) is 2.68. The van der Waals surface area contributed by atoms with Gasteiger partial charge in [-0.05, 0) is 72.8 Å². The molecule has 1 aromatic heterocycles. The predicted molar refractivity (Wildman–Crippen MR) is 83.3 cm³/mol. The molecule has 1 aliphatic heterocycles. The van der Waals surface area contributed by atoms with Crippen molar-refractivity contribution in [2.24, 2.45) is 5.92 Å². The summed E-state index contributed by atoms with van der Waals surface area (Å²) in [6.45, 7) is 5.79. The summed E-state index contributed by atoms with van der Waals surface area (Å²) in [5, 5.41) is 5.59. The number of hydrogen-bond donors (Lipinski definition) is 1. The largest absolute Gasteiger partial charge is 0.319 e. The summed E-state index contributed by atoms with van der Waals surface area (Å²) in [5.41, 5.74) is 0. The Morgan fingerprint density at radius 1 is 1.50 bits per heavy atom. The highest BCUT2D eigenvalue weighted by Crippen LogP contribution is 2.40. The lowest BCUT2D eigenvalue weighted by atomic mass is 9.93. The zero-order valence-corrected chi connectivity index (χ0v) is 13.7. The van der Waals surface area contributed by atoms with Gasteiger partial charge in [0, 0.05) is 15.4 Å². The maximum Gasteiger partial charge on any atom is 0.0492 e. The first-order valence-electron chi connectivity index (χ1n) is 6.89. The standard InChI is InChI=1S/C14H23BrN2S/c1-3-17-8-5-4-6-11(10-16-2)13(17)14-12(15)7-9-18-14/h7,9,11,13,16H,3-6,8,10H2,1-2H3. The first-order valence-corrected chi connectivity index (χ1v) is 8.56. The van der Waals surface area contributed by atoms with E-state index in [1.54, 1.807) is 0 Å². The molecule has 2 nitrogen and oxygen atoms in total. The van der Waals surface area contributed by atoms with Crippen molar-refractivity contribution >= 4 is 27.3 Å². The monoisotopic (exact) mass is 330 g/mol. The molecule has 18 heavy (non-hydrogen) atoms. The molecule has 0 bridgehead atoms. The van der Waals surface area contributed by atoms with Crippen molar-refractivity contribution in [2.75, 3.05) is 26.7 Å². The number of halogens is 1. The van der Waals surface area contributed by atoms with Crippen molar-refractivity contribution in [3.63, 3.8) is 0 Å². The zero-order chi connectivity index (χ0) is 13.0. The van der Waals surface area contributed by atoms with Gasteiger partial charge < -0.3 is 5.32 Å². The fourth-order valence-electron chi connectivity index (χ4n) is 3.04. The van der Waals surface area contributed by atoms with E-state index in [1.807, 2.05) is 11.3 Å². The minimum atomic E-state index is 0.583. The first-order chi connectivity index (χ1) is 8.77. The Labute approximate surface area is 123 Å². The number of hydrogen-bond acceptors (Lipinski definition) is 3. The Hall–Kier alpha value is 0.100. The topological polar surface area (TPSA) is 15.3 Å². The smallest absolute Gasteiger partial charge is 0.0492 e. The van der Waals surface area contributed by atoms with Gasteiger partial charge in [0.1, 0.15) is 0 Å². The highest BCUT2D eigenvalue weighted by molar-refractivity contribution is 9.10. The molecule has 0 radical (unpaired) electrons. The van der Waals surface area contributed by atoms with Crippen LogP contribution in [0.2, 0.25) is 0 Å². The van der Waals surface area contributed by atoms with Crippen molar-refractivity contribution in [1.29, 1.82) is 0 Å². The van der Waals surface area contributed by atoms with Gasteiger partial charge in [-0.1, -0.05) is 13.3 Å². The molecule has 0 amide bonds. The quantitative estimate of drug-likeness (QED) is 0.900. The van der Waals surface area contributed by atoms with Crippen LogP contribution in [0, 0.1) is 5.92 Å². The van der Waals surface area contributed by atoms with Gasteiger partial charge in [0.25, 0.3) is 0 Å². The summed E-state index contributed by atoms with van der Waals surface area (Å²) in [6.07, 6.45) is 4.04. The third kappa shape index (κ3) is 3.16. The number of rotatable bonds is 4. The van der Waals surface area contributed by atoms with E-state index in [1.165, 1.54) is 35.2 Å². The van der Waals surface area contributed by atoms with Crippen LogP contribution in [0.25, 0.3) is 0 Å². The van der Waals surface area contributed by atoms with Crippen LogP contribution in [-0.2, 0) is 0 Å². The lowest BCUT2D eigenvalue weighted by Crippen LogP contribution is -2.36. The molecule has 0 saturated carbocycles. The van der Waals surface area contributed by atoms with Crippen molar-refractivity contribution in [2.45, 2.75) is 32.2 Å². The number of likely N-dealkylation sites (tertiary alicyclic amines) is 1. The van der Waals surface area contributed by atoms with Crippen LogP contribution in [0.1, 0.15) is 37.1 Å². The molecule has 1 fully saturated rings. The lowest BCUT2D eigenvalue weighted by Gasteiger charge is -2.34. The molecule has 0 aromatic carbocycles. The van der Waals surface area contributed by atoms with Gasteiger partial charge in [-0.25, -0.2) is 0 Å². The second kappa shape index (κ2) is 7.04. The van der Waals surface area contributed by atoms with E-state index in [0.717, 1.165) is 19.0 Å². The third-order valence-electron chi connectivity index (χ3n) is 3.90. The molecule has 102 valence electrons. The van der Waals surface area contributed by atoms with E-state index in [9.17, 15) is 0 Å². The Morgan fingerprint density at radius 3 is 2.94 bits per heavy atom. The fourth-order valence-corrected chi connectivity index (χ4v) is 4.88. The van der Waals surface area contributed by atoms with Crippen LogP contribution in [0.15, 0.2) is 15.9 Å². The van der Waals surface area contributed by atoms with Crippen LogP contribution < -0.4 is 5.32 Å². The van der Waals surface area contributed by atoms with E-state index in [0.29, 0.717) is 6.04 Å². The second-order valence-corrected chi connectivity index (χ2v) is 6.82. The molecular weight excluding hydrogens is 308 g/mol. The molecule has 2 atom stereocenters. The van der Waals surface area contributed by atoms with Crippen molar-refractivity contribution in [3.8, 4) is 0 Å². The number of thiophene rings is 1. The molecule has 1 aliphatic rings. The fraction of sp³-hybridized carbons (Fsp3) is 0.714. The minimum absolute atomic E-state index is 0.583. The molecule has 1 N–H and O–H groups in total. The van der Waals surface area contributed by atoms with Gasteiger partial charge in [-0.15, -0.1) is 11.3 Å². The molecule has 4 heteroatoms. The normalized spacial score (nSPS) is 26.2. The van der Waals surface area contributed by atoms with Crippen LogP contribution >= 0.6 is 27.3 Å². The van der Waals surface area contributed by atoms with Gasteiger partial charge in [-0.2, -0.15) is 0 Å². The molecule has 0 aliphatic carbocycles. The maximum absolute atomic E-state index is 3.73. The Kier molecular flexibility index (Phi) is 5.67. The number of nitrogens with one attached hydrogen (secondary N) is 1. The average molecular weight is 331 g/mol. The molecule has 2 rings (SSSR count). The summed E-state index contributed by atoms with van der Waals surface area (Å²) >= 11 is 5.62. The van der Waals surface area contributed by atoms with Crippen LogP contribution in [0.5, 0.6) is 0 Å². The summed E-state index contributed by atoms with van der Waals surface area (Å²) in [4.78, 5) is 4.17. The highest BCUT2D eigenvalue weighted by Gasteiger charge is 2.31. The van der Waals surface area contributed by atoms with E-state index >= 15 is 0 Å². The summed E-state index contributed by atoms with van der Waals surface area (Å²) in [6, 6.07) is 2.77. The van der Waals surface area contributed by atoms with E-state index in [4.69, 9.17) is 0 Å². The molecule has 1 saturated heterocycles. The van der Waals surface area contributed by atoms with Gasteiger partial charge in [-0.3, -0.25) is 4.90 Å². The van der Waals surface area contributed by atoms with Crippen molar-refractivity contribution in [3.05, 3.63) is 20.8 Å². The highest BCUT2D eigenvalue weighted by atomic mass is 79.9. The second-order valence-electron chi connectivity index (χ2n) is 5.02. The van der Waals surface area contributed by atoms with E-state index < -0.39 is 0 Å². The SMILES string of the molecule is CCN1CCCCC(CNC)C1c1sccc1Br. The third-order valence-corrected chi connectivity index (χ3v) is 5.84. The van der Waals surface area contributed by atoms with Gasteiger partial charge >= 0.3 is 0 Å². The predicted octanol–water partition coefficient (Wildman–Crippen LogP) is 3.89. The molecule has 0 spiro atoms. The summed E-state index contributed by atoms with van der Waals surface area (Å²) in [5.74, 6) is 0.729. The Bertz CT molecular complexity index is 366. The van der Waals surface area contributed by atoms with Crippen LogP contribution in [-0.4, -0.2) is 31.6 Å². The molecule has 2 unspecified atom stereocenters. The van der Waals surface area contributed by atoms with Crippen LogP contribution in [0.4, 0.5) is 0 Å². The maximum atomic E-state index is 3.73. The minimum Gasteiger partial charge on any atom is -0.319 e. The van der Waals surface area contributed by atoms with Crippen LogP contribution in [0.3, 0.4) is 0 Å². The van der Waals surface area contributed by atoms with Gasteiger partial charge in [0.2, 0.25) is 0 Å². The summed E-state index contributed by atoms with van der Waals surface area (Å²) in [7, 11) is 2.07. The van der Waals surface area contributed by atoms with E-state index in [2.05, 4.69) is 51.6 Å². The van der Waals surface area contributed by atoms with Crippen molar-refractivity contribution < 1.29 is 0 Å². The van der Waals surface area contributed by atoms with Gasteiger partial charge in [0.15, 0.2) is 0 Å².